The highest BCUT2D eigenvalue weighted by Gasteiger charge is 2.14. The van der Waals surface area contributed by atoms with Crippen LogP contribution in [0.4, 0.5) is 4.39 Å². The SMILES string of the molecule is Fc1ccc(CNCC2CCOC2)cc1Br. The number of ether oxygens (including phenoxy) is 1. The van der Waals surface area contributed by atoms with Crippen LogP contribution in [0.2, 0.25) is 0 Å². The van der Waals surface area contributed by atoms with E-state index in [1.54, 1.807) is 6.07 Å². The predicted molar refractivity (Wildman–Crippen MR) is 64.7 cm³/mol. The van der Waals surface area contributed by atoms with Crippen LogP contribution in [0.15, 0.2) is 22.7 Å². The van der Waals surface area contributed by atoms with Crippen molar-refractivity contribution in [2.75, 3.05) is 19.8 Å². The molecule has 1 aromatic rings. The fourth-order valence-corrected chi connectivity index (χ4v) is 2.24. The van der Waals surface area contributed by atoms with Gasteiger partial charge in [-0.2, -0.15) is 0 Å². The summed E-state index contributed by atoms with van der Waals surface area (Å²) in [5, 5.41) is 3.37. The molecule has 88 valence electrons. The summed E-state index contributed by atoms with van der Waals surface area (Å²) in [6.45, 7) is 3.49. The third kappa shape index (κ3) is 3.27. The van der Waals surface area contributed by atoms with Crippen molar-refractivity contribution in [2.24, 2.45) is 5.92 Å². The van der Waals surface area contributed by atoms with Gasteiger partial charge in [0.2, 0.25) is 0 Å². The van der Waals surface area contributed by atoms with E-state index in [-0.39, 0.29) is 5.82 Å². The van der Waals surface area contributed by atoms with Crippen molar-refractivity contribution in [1.82, 2.24) is 5.32 Å². The molecule has 1 heterocycles. The maximum Gasteiger partial charge on any atom is 0.137 e. The standard InChI is InChI=1S/C12H15BrFNO/c13-11-5-9(1-2-12(11)14)6-15-7-10-3-4-16-8-10/h1-2,5,10,15H,3-4,6-8H2. The highest BCUT2D eigenvalue weighted by molar-refractivity contribution is 9.10. The molecule has 0 bridgehead atoms. The Hall–Kier alpha value is -0.450. The summed E-state index contributed by atoms with van der Waals surface area (Å²) in [6, 6.07) is 5.10. The lowest BCUT2D eigenvalue weighted by Crippen LogP contribution is -2.22. The molecule has 1 aromatic carbocycles. The lowest BCUT2D eigenvalue weighted by atomic mass is 10.1. The lowest BCUT2D eigenvalue weighted by Gasteiger charge is -2.09. The Bertz CT molecular complexity index is 353. The topological polar surface area (TPSA) is 21.3 Å². The van der Waals surface area contributed by atoms with Crippen LogP contribution in [0.3, 0.4) is 0 Å². The highest BCUT2D eigenvalue weighted by Crippen LogP contribution is 2.17. The first-order chi connectivity index (χ1) is 7.75. The zero-order valence-corrected chi connectivity index (χ0v) is 10.6. The van der Waals surface area contributed by atoms with Crippen LogP contribution in [0.5, 0.6) is 0 Å². The van der Waals surface area contributed by atoms with Gasteiger partial charge in [-0.1, -0.05) is 6.07 Å². The van der Waals surface area contributed by atoms with Gasteiger partial charge in [0.25, 0.3) is 0 Å². The lowest BCUT2D eigenvalue weighted by molar-refractivity contribution is 0.185. The van der Waals surface area contributed by atoms with Crippen molar-refractivity contribution in [3.8, 4) is 0 Å². The molecule has 1 fully saturated rings. The van der Waals surface area contributed by atoms with E-state index < -0.39 is 0 Å². The average Bonchev–Trinajstić information content (AvgIpc) is 2.76. The van der Waals surface area contributed by atoms with Gasteiger partial charge in [-0.05, 0) is 46.0 Å². The van der Waals surface area contributed by atoms with Gasteiger partial charge in [-0.3, -0.25) is 0 Å². The molecule has 0 spiro atoms. The maximum absolute atomic E-state index is 13.0. The largest absolute Gasteiger partial charge is 0.381 e. The molecule has 1 aliphatic heterocycles. The molecule has 0 saturated carbocycles. The normalized spacial score (nSPS) is 20.2. The van der Waals surface area contributed by atoms with E-state index in [2.05, 4.69) is 21.2 Å². The summed E-state index contributed by atoms with van der Waals surface area (Å²) < 4.78 is 18.8. The monoisotopic (exact) mass is 287 g/mol. The number of nitrogens with one attached hydrogen (secondary N) is 1. The predicted octanol–water partition coefficient (Wildman–Crippen LogP) is 2.71. The summed E-state index contributed by atoms with van der Waals surface area (Å²) in [5.74, 6) is 0.414. The zero-order chi connectivity index (χ0) is 11.4. The van der Waals surface area contributed by atoms with Gasteiger partial charge in [0.05, 0.1) is 11.1 Å². The minimum absolute atomic E-state index is 0.215. The molecular formula is C12H15BrFNO. The molecule has 1 atom stereocenters. The second-order valence-electron chi connectivity index (χ2n) is 4.11. The van der Waals surface area contributed by atoms with Crippen LogP contribution in [0.1, 0.15) is 12.0 Å². The van der Waals surface area contributed by atoms with Gasteiger partial charge < -0.3 is 10.1 Å². The van der Waals surface area contributed by atoms with Crippen molar-refractivity contribution < 1.29 is 9.13 Å². The van der Waals surface area contributed by atoms with Gasteiger partial charge in [-0.15, -0.1) is 0 Å². The van der Waals surface area contributed by atoms with Crippen molar-refractivity contribution >= 4 is 15.9 Å². The molecule has 4 heteroatoms. The summed E-state index contributed by atoms with van der Waals surface area (Å²) in [4.78, 5) is 0. The molecular weight excluding hydrogens is 273 g/mol. The first-order valence-electron chi connectivity index (χ1n) is 5.48. The van der Waals surface area contributed by atoms with Crippen LogP contribution in [-0.2, 0) is 11.3 Å². The first kappa shape index (κ1) is 12.0. The number of benzene rings is 1. The Morgan fingerprint density at radius 2 is 2.38 bits per heavy atom. The van der Waals surface area contributed by atoms with Gasteiger partial charge in [0.1, 0.15) is 5.82 Å². The van der Waals surface area contributed by atoms with Crippen molar-refractivity contribution in [3.63, 3.8) is 0 Å². The van der Waals surface area contributed by atoms with Gasteiger partial charge >= 0.3 is 0 Å². The Morgan fingerprint density at radius 1 is 1.50 bits per heavy atom. The molecule has 16 heavy (non-hydrogen) atoms. The molecule has 2 rings (SSSR count). The van der Waals surface area contributed by atoms with Gasteiger partial charge in [0, 0.05) is 19.7 Å². The van der Waals surface area contributed by atoms with Crippen LogP contribution < -0.4 is 5.32 Å². The fourth-order valence-electron chi connectivity index (χ4n) is 1.81. The summed E-state index contributed by atoms with van der Waals surface area (Å²) in [7, 11) is 0. The van der Waals surface area contributed by atoms with Crippen LogP contribution in [-0.4, -0.2) is 19.8 Å². The van der Waals surface area contributed by atoms with E-state index in [0.717, 1.165) is 38.3 Å². The van der Waals surface area contributed by atoms with E-state index in [1.807, 2.05) is 6.07 Å². The Balaban J connectivity index is 1.78. The van der Waals surface area contributed by atoms with E-state index >= 15 is 0 Å². The highest BCUT2D eigenvalue weighted by atomic mass is 79.9. The number of rotatable bonds is 4. The molecule has 2 nitrogen and oxygen atoms in total. The molecule has 0 amide bonds. The summed E-state index contributed by atoms with van der Waals surface area (Å²) in [5.41, 5.74) is 1.09. The van der Waals surface area contributed by atoms with Crippen molar-refractivity contribution in [1.29, 1.82) is 0 Å². The summed E-state index contributed by atoms with van der Waals surface area (Å²) in [6.07, 6.45) is 1.14. The molecule has 1 saturated heterocycles. The van der Waals surface area contributed by atoms with E-state index in [4.69, 9.17) is 4.74 Å². The van der Waals surface area contributed by atoms with E-state index in [0.29, 0.717) is 10.4 Å². The quantitative estimate of drug-likeness (QED) is 0.919. The summed E-state index contributed by atoms with van der Waals surface area (Å²) >= 11 is 3.18. The number of hydrogen-bond acceptors (Lipinski definition) is 2. The Labute approximate surface area is 103 Å². The molecule has 0 radical (unpaired) electrons. The minimum atomic E-state index is -0.215. The second kappa shape index (κ2) is 5.75. The molecule has 0 aliphatic carbocycles. The Kier molecular flexibility index (Phi) is 4.32. The third-order valence-electron chi connectivity index (χ3n) is 2.77. The second-order valence-corrected chi connectivity index (χ2v) is 4.96. The van der Waals surface area contributed by atoms with Crippen LogP contribution in [0.25, 0.3) is 0 Å². The van der Waals surface area contributed by atoms with E-state index in [1.165, 1.54) is 6.07 Å². The van der Waals surface area contributed by atoms with E-state index in [9.17, 15) is 4.39 Å². The zero-order valence-electron chi connectivity index (χ0n) is 9.01. The minimum Gasteiger partial charge on any atom is -0.381 e. The smallest absolute Gasteiger partial charge is 0.137 e. The fraction of sp³-hybridized carbons (Fsp3) is 0.500. The van der Waals surface area contributed by atoms with Crippen LogP contribution in [0, 0.1) is 11.7 Å². The van der Waals surface area contributed by atoms with Crippen LogP contribution >= 0.6 is 15.9 Å². The molecule has 0 aromatic heterocycles. The maximum atomic E-state index is 13.0. The molecule has 1 N–H and O–H groups in total. The van der Waals surface area contributed by atoms with Gasteiger partial charge in [0.15, 0.2) is 0 Å². The van der Waals surface area contributed by atoms with Crippen molar-refractivity contribution in [3.05, 3.63) is 34.1 Å². The number of hydrogen-bond donors (Lipinski definition) is 1. The molecule has 1 aliphatic rings. The van der Waals surface area contributed by atoms with Crippen molar-refractivity contribution in [2.45, 2.75) is 13.0 Å². The first-order valence-corrected chi connectivity index (χ1v) is 6.27. The number of halogens is 2. The van der Waals surface area contributed by atoms with Gasteiger partial charge in [-0.25, -0.2) is 4.39 Å². The third-order valence-corrected chi connectivity index (χ3v) is 3.38. The average molecular weight is 288 g/mol. The molecule has 1 unspecified atom stereocenters. The Morgan fingerprint density at radius 3 is 3.06 bits per heavy atom.